The van der Waals surface area contributed by atoms with Gasteiger partial charge in [0.1, 0.15) is 0 Å². The van der Waals surface area contributed by atoms with Crippen LogP contribution in [-0.2, 0) is 9.53 Å². The van der Waals surface area contributed by atoms with E-state index < -0.39 is 0 Å². The molecule has 1 aliphatic rings. The second-order valence-corrected chi connectivity index (χ2v) is 7.10. The Morgan fingerprint density at radius 1 is 1.32 bits per heavy atom. The number of carbonyl (C=O) groups excluding carboxylic acids is 1. The van der Waals surface area contributed by atoms with Crippen LogP contribution in [0.15, 0.2) is 42.5 Å². The zero-order valence-electron chi connectivity index (χ0n) is 11.1. The van der Waals surface area contributed by atoms with Gasteiger partial charge in [0, 0.05) is 0 Å². The number of hydrogen-bond acceptors (Lipinski definition) is 2. The summed E-state index contributed by atoms with van der Waals surface area (Å²) in [6.45, 7) is 0. The molecule has 1 atom stereocenters. The van der Waals surface area contributed by atoms with Crippen LogP contribution >= 0.6 is 0 Å². The molecule has 0 saturated heterocycles. The topological polar surface area (TPSA) is 26.3 Å². The molecule has 0 N–H and O–H groups in total. The maximum absolute atomic E-state index is 11.7. The second-order valence-electron chi connectivity index (χ2n) is 4.65. The summed E-state index contributed by atoms with van der Waals surface area (Å²) in [6.07, 6.45) is 8.88. The third-order valence-corrected chi connectivity index (χ3v) is 5.33. The van der Waals surface area contributed by atoms with E-state index in [-0.39, 0.29) is 12.1 Å². The molecule has 0 amide bonds. The molecule has 3 heteroatoms. The first-order valence-corrected chi connectivity index (χ1v) is 8.95. The summed E-state index contributed by atoms with van der Waals surface area (Å²) in [7, 11) is 0. The summed E-state index contributed by atoms with van der Waals surface area (Å²) < 4.78 is 6.83. The number of benzene rings is 1. The van der Waals surface area contributed by atoms with E-state index in [2.05, 4.69) is 30.3 Å². The van der Waals surface area contributed by atoms with Crippen molar-refractivity contribution in [1.29, 1.82) is 0 Å². The molecule has 0 unspecified atom stereocenters. The van der Waals surface area contributed by atoms with Crippen LogP contribution in [0.3, 0.4) is 0 Å². The number of esters is 1. The minimum absolute atomic E-state index is 0.0286. The molecule has 102 valence electrons. The van der Waals surface area contributed by atoms with E-state index in [1.165, 1.54) is 4.46 Å². The molecule has 1 aromatic rings. The summed E-state index contributed by atoms with van der Waals surface area (Å²) in [5.41, 5.74) is 0. The standard InChI is InChI=1S/C16H20O2Se/c17-16(18-14-8-3-1-4-9-14)12-7-13-19-15-10-5-2-6-11-15/h2-3,5-6,8,10-11,14H,1,4,7,9,12-13H2/t14-/m0/s1. The molecule has 0 fully saturated rings. The Kier molecular flexibility index (Phi) is 6.19. The second kappa shape index (κ2) is 8.19. The van der Waals surface area contributed by atoms with Crippen molar-refractivity contribution in [2.24, 2.45) is 0 Å². The monoisotopic (exact) mass is 324 g/mol. The van der Waals surface area contributed by atoms with Gasteiger partial charge in [0.15, 0.2) is 0 Å². The van der Waals surface area contributed by atoms with Crippen molar-refractivity contribution < 1.29 is 9.53 Å². The normalized spacial score (nSPS) is 18.2. The summed E-state index contributed by atoms with van der Waals surface area (Å²) in [4.78, 5) is 11.7. The van der Waals surface area contributed by atoms with E-state index in [0.717, 1.165) is 31.0 Å². The van der Waals surface area contributed by atoms with Gasteiger partial charge in [-0.15, -0.1) is 0 Å². The molecule has 0 radical (unpaired) electrons. The van der Waals surface area contributed by atoms with E-state index in [1.54, 1.807) is 0 Å². The van der Waals surface area contributed by atoms with Crippen molar-refractivity contribution in [3.63, 3.8) is 0 Å². The molecule has 2 rings (SSSR count). The first-order chi connectivity index (χ1) is 9.34. The molecular weight excluding hydrogens is 303 g/mol. The summed E-state index contributed by atoms with van der Waals surface area (Å²) >= 11 is 0.478. The van der Waals surface area contributed by atoms with Gasteiger partial charge in [-0.05, 0) is 0 Å². The number of rotatable bonds is 6. The Labute approximate surface area is 121 Å². The van der Waals surface area contributed by atoms with Crippen molar-refractivity contribution in [2.45, 2.75) is 43.5 Å². The van der Waals surface area contributed by atoms with Gasteiger partial charge in [-0.25, -0.2) is 0 Å². The van der Waals surface area contributed by atoms with E-state index in [1.807, 2.05) is 12.1 Å². The molecule has 19 heavy (non-hydrogen) atoms. The van der Waals surface area contributed by atoms with Crippen LogP contribution in [0.1, 0.15) is 32.1 Å². The van der Waals surface area contributed by atoms with Crippen LogP contribution in [0.5, 0.6) is 0 Å². The molecule has 1 aromatic carbocycles. The Bertz CT molecular complexity index is 414. The van der Waals surface area contributed by atoms with E-state index >= 15 is 0 Å². The maximum atomic E-state index is 11.7. The molecule has 0 heterocycles. The van der Waals surface area contributed by atoms with Crippen molar-refractivity contribution in [3.8, 4) is 0 Å². The number of hydrogen-bond donors (Lipinski definition) is 0. The molecule has 0 spiro atoms. The van der Waals surface area contributed by atoms with Crippen LogP contribution in [0, 0.1) is 0 Å². The Hall–Kier alpha value is -1.05. The van der Waals surface area contributed by atoms with Gasteiger partial charge in [0.25, 0.3) is 0 Å². The number of allylic oxidation sites excluding steroid dienone is 1. The van der Waals surface area contributed by atoms with Crippen LogP contribution in [-0.4, -0.2) is 27.0 Å². The van der Waals surface area contributed by atoms with Crippen molar-refractivity contribution >= 4 is 25.4 Å². The van der Waals surface area contributed by atoms with E-state index in [9.17, 15) is 4.79 Å². The van der Waals surface area contributed by atoms with E-state index in [0.29, 0.717) is 21.4 Å². The van der Waals surface area contributed by atoms with Crippen molar-refractivity contribution in [2.75, 3.05) is 0 Å². The molecule has 2 nitrogen and oxygen atoms in total. The number of carbonyl (C=O) groups is 1. The predicted octanol–water partition coefficient (Wildman–Crippen LogP) is 2.87. The average Bonchev–Trinajstić information content (AvgIpc) is 2.46. The molecule has 1 aliphatic carbocycles. The Morgan fingerprint density at radius 2 is 2.16 bits per heavy atom. The van der Waals surface area contributed by atoms with Crippen LogP contribution in [0.2, 0.25) is 5.32 Å². The van der Waals surface area contributed by atoms with Gasteiger partial charge in [0.2, 0.25) is 0 Å². The SMILES string of the molecule is O=C(CCC[Se]c1ccccc1)O[C@H]1C=CCCC1. The molecular formula is C16H20O2Se. The zero-order valence-corrected chi connectivity index (χ0v) is 12.8. The third-order valence-electron chi connectivity index (χ3n) is 3.03. The quantitative estimate of drug-likeness (QED) is 0.348. The Balaban J connectivity index is 1.59. The van der Waals surface area contributed by atoms with Gasteiger partial charge < -0.3 is 0 Å². The fourth-order valence-electron chi connectivity index (χ4n) is 2.03. The fourth-order valence-corrected chi connectivity index (χ4v) is 3.86. The zero-order chi connectivity index (χ0) is 13.3. The molecule has 0 aromatic heterocycles. The van der Waals surface area contributed by atoms with Gasteiger partial charge in [-0.3, -0.25) is 0 Å². The molecule has 0 bridgehead atoms. The first kappa shape index (κ1) is 14.4. The third kappa shape index (κ3) is 5.63. The molecule has 0 saturated carbocycles. The van der Waals surface area contributed by atoms with Crippen LogP contribution in [0.4, 0.5) is 0 Å². The van der Waals surface area contributed by atoms with Gasteiger partial charge >= 0.3 is 121 Å². The summed E-state index contributed by atoms with van der Waals surface area (Å²) in [5.74, 6) is -0.0413. The number of ether oxygens (including phenoxy) is 1. The van der Waals surface area contributed by atoms with Crippen molar-refractivity contribution in [3.05, 3.63) is 42.5 Å². The van der Waals surface area contributed by atoms with E-state index in [4.69, 9.17) is 4.74 Å². The van der Waals surface area contributed by atoms with Crippen LogP contribution < -0.4 is 4.46 Å². The minimum atomic E-state index is -0.0413. The Morgan fingerprint density at radius 3 is 2.89 bits per heavy atom. The molecule has 0 aliphatic heterocycles. The fraction of sp³-hybridized carbons (Fsp3) is 0.438. The van der Waals surface area contributed by atoms with Crippen LogP contribution in [0.25, 0.3) is 0 Å². The van der Waals surface area contributed by atoms with Crippen molar-refractivity contribution in [1.82, 2.24) is 0 Å². The van der Waals surface area contributed by atoms with Gasteiger partial charge in [0.05, 0.1) is 0 Å². The summed E-state index contributed by atoms with van der Waals surface area (Å²) in [5, 5.41) is 1.10. The average molecular weight is 323 g/mol. The predicted molar refractivity (Wildman–Crippen MR) is 78.7 cm³/mol. The summed E-state index contributed by atoms with van der Waals surface area (Å²) in [6, 6.07) is 10.5. The van der Waals surface area contributed by atoms with Gasteiger partial charge in [-0.1, -0.05) is 0 Å². The van der Waals surface area contributed by atoms with Gasteiger partial charge in [-0.2, -0.15) is 0 Å². The first-order valence-electron chi connectivity index (χ1n) is 6.88.